The summed E-state index contributed by atoms with van der Waals surface area (Å²) in [5.74, 6) is -1.11. The van der Waals surface area contributed by atoms with E-state index in [2.05, 4.69) is 15.0 Å². The standard InChI is InChI=1S/C24H19ClN4O3S/c1-16-11-27-20(12-26-16)23(31)32-14-22(30)29(13-17-5-3-2-4-6-17)24-28-21(15-33-24)18-7-9-19(25)10-8-18/h2-12,15H,13-14H2,1H3. The maximum Gasteiger partial charge on any atom is 0.359 e. The Morgan fingerprint density at radius 2 is 1.79 bits per heavy atom. The van der Waals surface area contributed by atoms with Gasteiger partial charge in [0.25, 0.3) is 5.91 Å². The van der Waals surface area contributed by atoms with Gasteiger partial charge in [-0.3, -0.25) is 14.7 Å². The van der Waals surface area contributed by atoms with Crippen molar-refractivity contribution in [3.05, 3.63) is 94.3 Å². The Labute approximate surface area is 199 Å². The van der Waals surface area contributed by atoms with Crippen LogP contribution >= 0.6 is 22.9 Å². The number of benzene rings is 2. The molecule has 166 valence electrons. The van der Waals surface area contributed by atoms with E-state index in [1.807, 2.05) is 47.8 Å². The number of hydrogen-bond acceptors (Lipinski definition) is 7. The highest BCUT2D eigenvalue weighted by Gasteiger charge is 2.22. The number of hydrogen-bond donors (Lipinski definition) is 0. The predicted octanol–water partition coefficient (Wildman–Crippen LogP) is 4.95. The van der Waals surface area contributed by atoms with Crippen LogP contribution < -0.4 is 4.90 Å². The lowest BCUT2D eigenvalue weighted by Crippen LogP contribution is -2.34. The molecule has 2 aromatic carbocycles. The van der Waals surface area contributed by atoms with E-state index in [0.29, 0.717) is 15.8 Å². The molecule has 0 saturated carbocycles. The van der Waals surface area contributed by atoms with Crippen LogP contribution in [0.4, 0.5) is 5.13 Å². The van der Waals surface area contributed by atoms with E-state index in [-0.39, 0.29) is 12.2 Å². The number of esters is 1. The van der Waals surface area contributed by atoms with Crippen LogP contribution in [0.3, 0.4) is 0 Å². The van der Waals surface area contributed by atoms with Crippen molar-refractivity contribution in [1.82, 2.24) is 15.0 Å². The minimum Gasteiger partial charge on any atom is -0.451 e. The number of nitrogens with zero attached hydrogens (tertiary/aromatic N) is 4. The van der Waals surface area contributed by atoms with Gasteiger partial charge in [0.1, 0.15) is 0 Å². The summed E-state index contributed by atoms with van der Waals surface area (Å²) in [6.45, 7) is 1.60. The molecule has 1 amide bonds. The monoisotopic (exact) mass is 478 g/mol. The van der Waals surface area contributed by atoms with E-state index in [9.17, 15) is 9.59 Å². The van der Waals surface area contributed by atoms with E-state index in [1.54, 1.807) is 19.1 Å². The smallest absolute Gasteiger partial charge is 0.359 e. The SMILES string of the molecule is Cc1cnc(C(=O)OCC(=O)N(Cc2ccccc2)c2nc(-c3ccc(Cl)cc3)cs2)cn1. The number of carbonyl (C=O) groups excluding carboxylic acids is 2. The zero-order chi connectivity index (χ0) is 23.2. The average molecular weight is 479 g/mol. The molecular weight excluding hydrogens is 460 g/mol. The number of carbonyl (C=O) groups is 2. The summed E-state index contributed by atoms with van der Waals surface area (Å²) in [5.41, 5.74) is 3.26. The first-order chi connectivity index (χ1) is 16.0. The number of amides is 1. The fraction of sp³-hybridized carbons (Fsp3) is 0.125. The molecule has 7 nitrogen and oxygen atoms in total. The zero-order valence-electron chi connectivity index (χ0n) is 17.6. The molecule has 4 aromatic rings. The summed E-state index contributed by atoms with van der Waals surface area (Å²) in [6, 6.07) is 16.9. The molecule has 2 aromatic heterocycles. The highest BCUT2D eigenvalue weighted by molar-refractivity contribution is 7.14. The molecule has 4 rings (SSSR count). The average Bonchev–Trinajstić information content (AvgIpc) is 3.32. The van der Waals surface area contributed by atoms with Crippen LogP contribution in [0.1, 0.15) is 21.7 Å². The number of ether oxygens (including phenoxy) is 1. The van der Waals surface area contributed by atoms with Crippen LogP contribution in [0, 0.1) is 6.92 Å². The van der Waals surface area contributed by atoms with E-state index in [1.165, 1.54) is 28.6 Å². The van der Waals surface area contributed by atoms with Gasteiger partial charge in [-0.1, -0.05) is 54.1 Å². The van der Waals surface area contributed by atoms with Crippen molar-refractivity contribution >= 4 is 39.9 Å². The van der Waals surface area contributed by atoms with Gasteiger partial charge >= 0.3 is 5.97 Å². The first-order valence-electron chi connectivity index (χ1n) is 10.0. The summed E-state index contributed by atoms with van der Waals surface area (Å²) in [7, 11) is 0. The summed E-state index contributed by atoms with van der Waals surface area (Å²) in [5, 5.41) is 3.01. The molecule has 0 N–H and O–H groups in total. The maximum atomic E-state index is 13.1. The third kappa shape index (κ3) is 5.79. The minimum atomic E-state index is -0.712. The second-order valence-electron chi connectivity index (χ2n) is 7.11. The third-order valence-corrected chi connectivity index (χ3v) is 5.78. The number of anilines is 1. The lowest BCUT2D eigenvalue weighted by atomic mass is 10.2. The van der Waals surface area contributed by atoms with Crippen LogP contribution in [-0.4, -0.2) is 33.4 Å². The lowest BCUT2D eigenvalue weighted by Gasteiger charge is -2.20. The van der Waals surface area contributed by atoms with E-state index >= 15 is 0 Å². The quantitative estimate of drug-likeness (QED) is 0.349. The Hall–Kier alpha value is -3.62. The molecule has 0 unspecified atom stereocenters. The normalized spacial score (nSPS) is 10.6. The van der Waals surface area contributed by atoms with Crippen LogP contribution in [0.5, 0.6) is 0 Å². The van der Waals surface area contributed by atoms with Crippen LogP contribution in [0.25, 0.3) is 11.3 Å². The highest BCUT2D eigenvalue weighted by atomic mass is 35.5. The number of rotatable bonds is 7. The first-order valence-corrected chi connectivity index (χ1v) is 11.3. The molecule has 9 heteroatoms. The molecule has 0 atom stereocenters. The fourth-order valence-corrected chi connectivity index (χ4v) is 3.92. The van der Waals surface area contributed by atoms with Crippen LogP contribution in [0.15, 0.2) is 72.4 Å². The summed E-state index contributed by atoms with van der Waals surface area (Å²) < 4.78 is 5.20. The summed E-state index contributed by atoms with van der Waals surface area (Å²) in [6.07, 6.45) is 2.79. The van der Waals surface area contributed by atoms with Gasteiger partial charge in [0.15, 0.2) is 17.4 Å². The van der Waals surface area contributed by atoms with Crippen LogP contribution in [0.2, 0.25) is 5.02 Å². The van der Waals surface area contributed by atoms with Crippen molar-refractivity contribution in [2.45, 2.75) is 13.5 Å². The van der Waals surface area contributed by atoms with Crippen molar-refractivity contribution in [2.75, 3.05) is 11.5 Å². The van der Waals surface area contributed by atoms with Gasteiger partial charge in [-0.2, -0.15) is 0 Å². The number of thiazole rings is 1. The highest BCUT2D eigenvalue weighted by Crippen LogP contribution is 2.29. The summed E-state index contributed by atoms with van der Waals surface area (Å²) >= 11 is 7.31. The molecule has 0 aliphatic rings. The van der Waals surface area contributed by atoms with E-state index in [0.717, 1.165) is 16.8 Å². The summed E-state index contributed by atoms with van der Waals surface area (Å²) in [4.78, 5) is 39.5. The van der Waals surface area contributed by atoms with Gasteiger partial charge in [-0.05, 0) is 24.6 Å². The molecular formula is C24H19ClN4O3S. The van der Waals surface area contributed by atoms with Crippen LogP contribution in [-0.2, 0) is 16.1 Å². The maximum absolute atomic E-state index is 13.1. The van der Waals surface area contributed by atoms with Gasteiger partial charge in [0, 0.05) is 22.2 Å². The Morgan fingerprint density at radius 1 is 1.03 bits per heavy atom. The van der Waals surface area contributed by atoms with Gasteiger partial charge in [-0.15, -0.1) is 11.3 Å². The molecule has 0 aliphatic carbocycles. The molecule has 33 heavy (non-hydrogen) atoms. The Bertz CT molecular complexity index is 1240. The first kappa shape index (κ1) is 22.6. The molecule has 0 spiro atoms. The van der Waals surface area contributed by atoms with Gasteiger partial charge in [-0.25, -0.2) is 14.8 Å². The van der Waals surface area contributed by atoms with Gasteiger partial charge in [0.2, 0.25) is 0 Å². The number of aromatic nitrogens is 3. The van der Waals surface area contributed by atoms with Gasteiger partial charge < -0.3 is 4.74 Å². The Morgan fingerprint density at radius 3 is 2.48 bits per heavy atom. The second-order valence-corrected chi connectivity index (χ2v) is 8.38. The van der Waals surface area contributed by atoms with Crippen molar-refractivity contribution < 1.29 is 14.3 Å². The molecule has 0 fully saturated rings. The van der Waals surface area contributed by atoms with Crippen molar-refractivity contribution in [3.8, 4) is 11.3 Å². The van der Waals surface area contributed by atoms with E-state index < -0.39 is 18.5 Å². The van der Waals surface area contributed by atoms with E-state index in [4.69, 9.17) is 16.3 Å². The fourth-order valence-electron chi connectivity index (χ4n) is 2.95. The number of aryl methyl sites for hydroxylation is 1. The minimum absolute atomic E-state index is 0.0438. The predicted molar refractivity (Wildman–Crippen MR) is 127 cm³/mol. The van der Waals surface area contributed by atoms with Crippen molar-refractivity contribution in [3.63, 3.8) is 0 Å². The van der Waals surface area contributed by atoms with Crippen molar-refractivity contribution in [1.29, 1.82) is 0 Å². The molecule has 2 heterocycles. The second kappa shape index (κ2) is 10.3. The Balaban J connectivity index is 1.53. The largest absolute Gasteiger partial charge is 0.451 e. The Kier molecular flexibility index (Phi) is 7.07. The topological polar surface area (TPSA) is 85.3 Å². The molecule has 0 saturated heterocycles. The molecule has 0 radical (unpaired) electrons. The third-order valence-electron chi connectivity index (χ3n) is 4.66. The lowest BCUT2D eigenvalue weighted by molar-refractivity contribution is -0.121. The number of halogens is 1. The molecule has 0 aliphatic heterocycles. The zero-order valence-corrected chi connectivity index (χ0v) is 19.2. The molecule has 0 bridgehead atoms. The van der Waals surface area contributed by atoms with Crippen molar-refractivity contribution in [2.24, 2.45) is 0 Å². The van der Waals surface area contributed by atoms with Gasteiger partial charge in [0.05, 0.1) is 24.1 Å².